The molecule has 2 heterocycles. The first-order valence-electron chi connectivity index (χ1n) is 8.26. The standard InChI is InChI=1S/C17H16ClF3N4OS/c1-8-3-4-10-11(6-22)16(27-12(10)5-8)23-13(26)7-25-9(2)14(18)15(24-25)17(19,20)21/h8H,3-5,7H2,1-2H3,(H,23,26). The van der Waals surface area contributed by atoms with E-state index in [0.29, 0.717) is 16.5 Å². The molecule has 27 heavy (non-hydrogen) atoms. The molecule has 1 unspecified atom stereocenters. The van der Waals surface area contributed by atoms with Crippen molar-refractivity contribution in [1.82, 2.24) is 9.78 Å². The first kappa shape index (κ1) is 19.7. The van der Waals surface area contributed by atoms with Gasteiger partial charge in [-0.3, -0.25) is 9.48 Å². The molecule has 10 heteroatoms. The molecule has 0 saturated heterocycles. The predicted octanol–water partition coefficient (Wildman–Crippen LogP) is 4.56. The number of aromatic nitrogens is 2. The van der Waals surface area contributed by atoms with Crippen molar-refractivity contribution in [3.8, 4) is 6.07 Å². The molecule has 3 rings (SSSR count). The maximum Gasteiger partial charge on any atom is 0.436 e. The quantitative estimate of drug-likeness (QED) is 0.797. The van der Waals surface area contributed by atoms with E-state index in [2.05, 4.69) is 23.4 Å². The fourth-order valence-corrected chi connectivity index (χ4v) is 4.74. The lowest BCUT2D eigenvalue weighted by molar-refractivity contribution is -0.141. The Morgan fingerprint density at radius 3 is 2.81 bits per heavy atom. The van der Waals surface area contributed by atoms with Crippen molar-refractivity contribution < 1.29 is 18.0 Å². The second-order valence-electron chi connectivity index (χ2n) is 6.62. The third-order valence-corrected chi connectivity index (χ3v) is 6.19. The summed E-state index contributed by atoms with van der Waals surface area (Å²) in [6.07, 6.45) is -2.07. The van der Waals surface area contributed by atoms with Crippen molar-refractivity contribution in [3.63, 3.8) is 0 Å². The van der Waals surface area contributed by atoms with Crippen LogP contribution in [0.4, 0.5) is 18.2 Å². The van der Waals surface area contributed by atoms with Gasteiger partial charge in [0.15, 0.2) is 5.69 Å². The number of rotatable bonds is 3. The summed E-state index contributed by atoms with van der Waals surface area (Å²) in [5.74, 6) is -0.0463. The van der Waals surface area contributed by atoms with E-state index < -0.39 is 29.3 Å². The van der Waals surface area contributed by atoms with Gasteiger partial charge < -0.3 is 5.32 Å². The van der Waals surface area contributed by atoms with Gasteiger partial charge >= 0.3 is 6.18 Å². The zero-order valence-electron chi connectivity index (χ0n) is 14.6. The van der Waals surface area contributed by atoms with E-state index in [9.17, 15) is 23.2 Å². The zero-order chi connectivity index (χ0) is 19.9. The molecule has 0 radical (unpaired) electrons. The number of hydrogen-bond donors (Lipinski definition) is 1. The van der Waals surface area contributed by atoms with Gasteiger partial charge in [0.25, 0.3) is 0 Å². The summed E-state index contributed by atoms with van der Waals surface area (Å²) in [6.45, 7) is 3.07. The first-order valence-corrected chi connectivity index (χ1v) is 9.45. The molecule has 0 saturated carbocycles. The van der Waals surface area contributed by atoms with Crippen LogP contribution in [-0.2, 0) is 30.4 Å². The summed E-state index contributed by atoms with van der Waals surface area (Å²) in [6, 6.07) is 2.14. The van der Waals surface area contributed by atoms with E-state index in [1.54, 1.807) is 0 Å². The highest BCUT2D eigenvalue weighted by Gasteiger charge is 2.38. The van der Waals surface area contributed by atoms with Crippen molar-refractivity contribution in [2.24, 2.45) is 5.92 Å². The molecule has 0 fully saturated rings. The minimum atomic E-state index is -4.69. The molecule has 1 aliphatic carbocycles. The number of fused-ring (bicyclic) bond motifs is 1. The SMILES string of the molecule is Cc1c(Cl)c(C(F)(F)F)nn1CC(=O)Nc1sc2c(c1C#N)CCC(C)C2. The minimum absolute atomic E-state index is 0.0546. The summed E-state index contributed by atoms with van der Waals surface area (Å²) in [5, 5.41) is 15.4. The third kappa shape index (κ3) is 3.82. The highest BCUT2D eigenvalue weighted by molar-refractivity contribution is 7.16. The van der Waals surface area contributed by atoms with Crippen LogP contribution in [0.3, 0.4) is 0 Å². The Kier molecular flexibility index (Phi) is 5.23. The number of nitriles is 1. The van der Waals surface area contributed by atoms with Gasteiger partial charge in [0.2, 0.25) is 5.91 Å². The van der Waals surface area contributed by atoms with Gasteiger partial charge in [-0.1, -0.05) is 18.5 Å². The Balaban J connectivity index is 1.81. The summed E-state index contributed by atoms with van der Waals surface area (Å²) in [7, 11) is 0. The molecular formula is C17H16ClF3N4OS. The lowest BCUT2D eigenvalue weighted by Crippen LogP contribution is -2.20. The smallest absolute Gasteiger partial charge is 0.315 e. The second kappa shape index (κ2) is 7.17. The Morgan fingerprint density at radius 1 is 1.52 bits per heavy atom. The maximum absolute atomic E-state index is 12.9. The van der Waals surface area contributed by atoms with Crippen LogP contribution in [0, 0.1) is 24.2 Å². The Labute approximate surface area is 162 Å². The van der Waals surface area contributed by atoms with Gasteiger partial charge in [0, 0.05) is 4.88 Å². The number of nitrogens with zero attached hydrogens (tertiary/aromatic N) is 3. The number of amides is 1. The largest absolute Gasteiger partial charge is 0.436 e. The van der Waals surface area contributed by atoms with Crippen molar-refractivity contribution in [2.45, 2.75) is 45.8 Å². The number of carbonyl (C=O) groups excluding carboxylic acids is 1. The van der Waals surface area contributed by atoms with Crippen molar-refractivity contribution in [2.75, 3.05) is 5.32 Å². The van der Waals surface area contributed by atoms with Gasteiger partial charge in [-0.25, -0.2) is 0 Å². The molecule has 1 N–H and O–H groups in total. The Bertz CT molecular complexity index is 942. The van der Waals surface area contributed by atoms with E-state index in [1.807, 2.05) is 0 Å². The number of hydrogen-bond acceptors (Lipinski definition) is 4. The molecule has 0 aliphatic heterocycles. The monoisotopic (exact) mass is 416 g/mol. The lowest BCUT2D eigenvalue weighted by Gasteiger charge is -2.17. The molecular weight excluding hydrogens is 401 g/mol. The molecule has 1 atom stereocenters. The second-order valence-corrected chi connectivity index (χ2v) is 8.10. The maximum atomic E-state index is 12.9. The van der Waals surface area contributed by atoms with Crippen molar-refractivity contribution in [3.05, 3.63) is 32.4 Å². The van der Waals surface area contributed by atoms with Crippen LogP contribution < -0.4 is 5.32 Å². The molecule has 144 valence electrons. The molecule has 1 aliphatic rings. The fourth-order valence-electron chi connectivity index (χ4n) is 3.12. The number of carbonyl (C=O) groups is 1. The van der Waals surface area contributed by atoms with Crippen LogP contribution in [0.15, 0.2) is 0 Å². The molecule has 2 aromatic rings. The summed E-state index contributed by atoms with van der Waals surface area (Å²) < 4.78 is 39.6. The van der Waals surface area contributed by atoms with Crippen LogP contribution in [0.1, 0.15) is 40.7 Å². The number of halogens is 4. The molecule has 0 spiro atoms. The molecule has 5 nitrogen and oxygen atoms in total. The zero-order valence-corrected chi connectivity index (χ0v) is 16.1. The van der Waals surface area contributed by atoms with Gasteiger partial charge in [-0.15, -0.1) is 11.3 Å². The molecule has 0 aromatic carbocycles. The van der Waals surface area contributed by atoms with Crippen LogP contribution in [0.25, 0.3) is 0 Å². The molecule has 1 amide bonds. The highest BCUT2D eigenvalue weighted by atomic mass is 35.5. The number of anilines is 1. The predicted molar refractivity (Wildman–Crippen MR) is 95.8 cm³/mol. The van der Waals surface area contributed by atoms with E-state index in [1.165, 1.54) is 18.3 Å². The summed E-state index contributed by atoms with van der Waals surface area (Å²) >= 11 is 7.05. The van der Waals surface area contributed by atoms with E-state index in [0.717, 1.165) is 34.4 Å². The van der Waals surface area contributed by atoms with E-state index >= 15 is 0 Å². The Hall–Kier alpha value is -2.05. The van der Waals surface area contributed by atoms with Crippen LogP contribution in [0.2, 0.25) is 5.02 Å². The summed E-state index contributed by atoms with van der Waals surface area (Å²) in [5.41, 5.74) is 0.252. The normalized spacial score (nSPS) is 16.7. The van der Waals surface area contributed by atoms with Crippen LogP contribution in [0.5, 0.6) is 0 Å². The number of nitrogens with one attached hydrogen (secondary N) is 1. The summed E-state index contributed by atoms with van der Waals surface area (Å²) in [4.78, 5) is 13.4. The number of alkyl halides is 3. The average Bonchev–Trinajstić information content (AvgIpc) is 3.05. The highest BCUT2D eigenvalue weighted by Crippen LogP contribution is 2.39. The van der Waals surface area contributed by atoms with Crippen molar-refractivity contribution in [1.29, 1.82) is 5.26 Å². The van der Waals surface area contributed by atoms with Gasteiger partial charge in [0.1, 0.15) is 17.6 Å². The van der Waals surface area contributed by atoms with E-state index in [4.69, 9.17) is 11.6 Å². The van der Waals surface area contributed by atoms with Crippen molar-refractivity contribution >= 4 is 33.8 Å². The topological polar surface area (TPSA) is 70.7 Å². The minimum Gasteiger partial charge on any atom is -0.315 e. The van der Waals surface area contributed by atoms with Gasteiger partial charge in [0.05, 0.1) is 16.3 Å². The van der Waals surface area contributed by atoms with Crippen LogP contribution in [-0.4, -0.2) is 15.7 Å². The third-order valence-electron chi connectivity index (χ3n) is 4.57. The van der Waals surface area contributed by atoms with Crippen LogP contribution >= 0.6 is 22.9 Å². The van der Waals surface area contributed by atoms with Gasteiger partial charge in [-0.2, -0.15) is 23.5 Å². The fraction of sp³-hybridized carbons (Fsp3) is 0.471. The molecule has 2 aromatic heterocycles. The average molecular weight is 417 g/mol. The Morgan fingerprint density at radius 2 is 2.22 bits per heavy atom. The first-order chi connectivity index (χ1) is 12.6. The van der Waals surface area contributed by atoms with Gasteiger partial charge in [-0.05, 0) is 37.7 Å². The molecule has 0 bridgehead atoms. The lowest BCUT2D eigenvalue weighted by atomic mass is 9.89. The van der Waals surface area contributed by atoms with E-state index in [-0.39, 0.29) is 5.69 Å². The number of thiophene rings is 1.